The Kier molecular flexibility index (Phi) is 4.64. The van der Waals surface area contributed by atoms with Crippen molar-refractivity contribution < 1.29 is 4.42 Å². The number of hydrogen-bond acceptors (Lipinski definition) is 4. The van der Waals surface area contributed by atoms with Crippen molar-refractivity contribution in [3.63, 3.8) is 0 Å². The molecule has 7 nitrogen and oxygen atoms in total. The van der Waals surface area contributed by atoms with Crippen molar-refractivity contribution in [2.45, 2.75) is 39.2 Å². The first-order chi connectivity index (χ1) is 11.2. The number of guanidine groups is 1. The van der Waals surface area contributed by atoms with Crippen LogP contribution in [0, 0.1) is 5.41 Å². The lowest BCUT2D eigenvalue weighted by atomic mass is 9.67. The largest absolute Gasteiger partial charge is 0.461 e. The van der Waals surface area contributed by atoms with Gasteiger partial charge >= 0.3 is 0 Å². The van der Waals surface area contributed by atoms with E-state index in [4.69, 9.17) is 4.42 Å². The Balaban J connectivity index is 1.50. The molecular weight excluding hydrogens is 292 g/mol. The third kappa shape index (κ3) is 3.55. The van der Waals surface area contributed by atoms with Crippen molar-refractivity contribution in [1.29, 1.82) is 0 Å². The number of nitrogens with zero attached hydrogens (tertiary/aromatic N) is 3. The Morgan fingerprint density at radius 1 is 1.43 bits per heavy atom. The molecule has 23 heavy (non-hydrogen) atoms. The first-order valence-corrected chi connectivity index (χ1v) is 8.14. The standard InChI is InChI=1S/C16H24N6O/c1-3-16(7-5-8-16)11-19-15(17-2)18-10-13-20-14(22-21-13)12-6-4-9-23-12/h4,6,9H,3,5,7-8,10-11H2,1-2H3,(H2,17,18,19)(H,20,21,22). The third-order valence-electron chi connectivity index (χ3n) is 4.72. The highest BCUT2D eigenvalue weighted by molar-refractivity contribution is 5.79. The average Bonchev–Trinajstić information content (AvgIpc) is 3.20. The van der Waals surface area contributed by atoms with Crippen molar-refractivity contribution >= 4 is 5.96 Å². The topological polar surface area (TPSA) is 91.1 Å². The second-order valence-corrected chi connectivity index (χ2v) is 6.07. The van der Waals surface area contributed by atoms with Gasteiger partial charge in [-0.05, 0) is 36.8 Å². The summed E-state index contributed by atoms with van der Waals surface area (Å²) in [5, 5.41) is 13.8. The van der Waals surface area contributed by atoms with E-state index < -0.39 is 0 Å². The van der Waals surface area contributed by atoms with Crippen LogP contribution in [0.3, 0.4) is 0 Å². The SMILES string of the molecule is CCC1(CNC(=NC)NCc2nc(-c3ccco3)n[nH]2)CCC1. The number of furan rings is 1. The highest BCUT2D eigenvalue weighted by Crippen LogP contribution is 2.42. The van der Waals surface area contributed by atoms with Crippen LogP contribution in [0.25, 0.3) is 11.6 Å². The minimum atomic E-state index is 0.455. The van der Waals surface area contributed by atoms with Crippen LogP contribution in [0.4, 0.5) is 0 Å². The average molecular weight is 316 g/mol. The molecule has 0 radical (unpaired) electrons. The molecule has 124 valence electrons. The molecule has 0 aromatic carbocycles. The molecule has 0 unspecified atom stereocenters. The summed E-state index contributed by atoms with van der Waals surface area (Å²) in [6, 6.07) is 3.66. The summed E-state index contributed by atoms with van der Waals surface area (Å²) in [7, 11) is 1.78. The molecule has 2 aromatic rings. The summed E-state index contributed by atoms with van der Waals surface area (Å²) < 4.78 is 5.29. The monoisotopic (exact) mass is 316 g/mol. The van der Waals surface area contributed by atoms with Gasteiger partial charge in [0.15, 0.2) is 11.7 Å². The van der Waals surface area contributed by atoms with Crippen LogP contribution in [0.5, 0.6) is 0 Å². The quantitative estimate of drug-likeness (QED) is 0.562. The van der Waals surface area contributed by atoms with Gasteiger partial charge in [0.25, 0.3) is 0 Å². The van der Waals surface area contributed by atoms with Crippen molar-refractivity contribution in [1.82, 2.24) is 25.8 Å². The number of aromatic amines is 1. The van der Waals surface area contributed by atoms with Gasteiger partial charge in [0, 0.05) is 13.6 Å². The van der Waals surface area contributed by atoms with Gasteiger partial charge in [0.05, 0.1) is 12.8 Å². The molecule has 0 spiro atoms. The van der Waals surface area contributed by atoms with E-state index in [0.29, 0.717) is 23.5 Å². The molecule has 1 aliphatic carbocycles. The van der Waals surface area contributed by atoms with E-state index in [9.17, 15) is 0 Å². The van der Waals surface area contributed by atoms with Gasteiger partial charge in [-0.1, -0.05) is 13.3 Å². The Labute approximate surface area is 136 Å². The molecule has 0 amide bonds. The summed E-state index contributed by atoms with van der Waals surface area (Å²) in [5.74, 6) is 2.76. The second-order valence-electron chi connectivity index (χ2n) is 6.07. The summed E-state index contributed by atoms with van der Waals surface area (Å²) >= 11 is 0. The first-order valence-electron chi connectivity index (χ1n) is 8.14. The van der Waals surface area contributed by atoms with Gasteiger partial charge < -0.3 is 15.1 Å². The Morgan fingerprint density at radius 3 is 2.91 bits per heavy atom. The van der Waals surface area contributed by atoms with Gasteiger partial charge in [-0.3, -0.25) is 10.1 Å². The van der Waals surface area contributed by atoms with E-state index in [-0.39, 0.29) is 0 Å². The van der Waals surface area contributed by atoms with Crippen LogP contribution < -0.4 is 10.6 Å². The first kappa shape index (κ1) is 15.6. The lowest BCUT2D eigenvalue weighted by Crippen LogP contribution is -2.46. The molecule has 2 aromatic heterocycles. The van der Waals surface area contributed by atoms with Crippen LogP contribution in [0.15, 0.2) is 27.8 Å². The van der Waals surface area contributed by atoms with Crippen molar-refractivity contribution in [3.8, 4) is 11.6 Å². The minimum absolute atomic E-state index is 0.455. The van der Waals surface area contributed by atoms with Crippen molar-refractivity contribution in [2.24, 2.45) is 10.4 Å². The number of H-pyrrole nitrogens is 1. The van der Waals surface area contributed by atoms with Gasteiger partial charge in [0.1, 0.15) is 5.82 Å². The molecule has 1 aliphatic rings. The predicted molar refractivity (Wildman–Crippen MR) is 88.9 cm³/mol. The van der Waals surface area contributed by atoms with E-state index in [1.165, 1.54) is 25.7 Å². The molecule has 0 bridgehead atoms. The normalized spacial score (nSPS) is 16.9. The Morgan fingerprint density at radius 2 is 2.30 bits per heavy atom. The maximum Gasteiger partial charge on any atom is 0.216 e. The molecule has 2 heterocycles. The maximum absolute atomic E-state index is 5.29. The lowest BCUT2D eigenvalue weighted by Gasteiger charge is -2.41. The summed E-state index contributed by atoms with van der Waals surface area (Å²) in [6.07, 6.45) is 6.78. The molecule has 1 saturated carbocycles. The zero-order valence-electron chi connectivity index (χ0n) is 13.7. The third-order valence-corrected chi connectivity index (χ3v) is 4.72. The Bertz CT molecular complexity index is 636. The van der Waals surface area contributed by atoms with E-state index in [2.05, 4.69) is 37.7 Å². The van der Waals surface area contributed by atoms with Gasteiger partial charge in [-0.25, -0.2) is 4.98 Å². The molecule has 3 N–H and O–H groups in total. The van der Waals surface area contributed by atoms with E-state index in [0.717, 1.165) is 18.3 Å². The Hall–Kier alpha value is -2.31. The van der Waals surface area contributed by atoms with Crippen LogP contribution in [0.1, 0.15) is 38.4 Å². The lowest BCUT2D eigenvalue weighted by molar-refractivity contribution is 0.131. The summed E-state index contributed by atoms with van der Waals surface area (Å²) in [5.41, 5.74) is 0.455. The van der Waals surface area contributed by atoms with Crippen LogP contribution >= 0.6 is 0 Å². The van der Waals surface area contributed by atoms with Crippen LogP contribution in [-0.4, -0.2) is 34.7 Å². The number of nitrogens with one attached hydrogen (secondary N) is 3. The highest BCUT2D eigenvalue weighted by Gasteiger charge is 2.34. The number of aromatic nitrogens is 3. The summed E-state index contributed by atoms with van der Waals surface area (Å²) in [6.45, 7) is 3.77. The fraction of sp³-hybridized carbons (Fsp3) is 0.562. The zero-order chi connectivity index (χ0) is 16.1. The molecule has 0 aliphatic heterocycles. The van der Waals surface area contributed by atoms with Crippen molar-refractivity contribution in [3.05, 3.63) is 24.2 Å². The smallest absolute Gasteiger partial charge is 0.216 e. The van der Waals surface area contributed by atoms with Gasteiger partial charge in [-0.15, -0.1) is 5.10 Å². The fourth-order valence-corrected chi connectivity index (χ4v) is 2.88. The van der Waals surface area contributed by atoms with E-state index >= 15 is 0 Å². The van der Waals surface area contributed by atoms with Crippen molar-refractivity contribution in [2.75, 3.05) is 13.6 Å². The number of aliphatic imine (C=N–C) groups is 1. The molecule has 0 saturated heterocycles. The summed E-state index contributed by atoms with van der Waals surface area (Å²) in [4.78, 5) is 8.68. The molecule has 0 atom stereocenters. The minimum Gasteiger partial charge on any atom is -0.461 e. The molecule has 1 fully saturated rings. The molecule has 7 heteroatoms. The van der Waals surface area contributed by atoms with Gasteiger partial charge in [-0.2, -0.15) is 0 Å². The van der Waals surface area contributed by atoms with E-state index in [1.807, 2.05) is 12.1 Å². The predicted octanol–water partition coefficient (Wildman–Crippen LogP) is 2.31. The second kappa shape index (κ2) is 6.85. The highest BCUT2D eigenvalue weighted by atomic mass is 16.3. The maximum atomic E-state index is 5.29. The van der Waals surface area contributed by atoms with Gasteiger partial charge in [0.2, 0.25) is 5.82 Å². The number of hydrogen-bond donors (Lipinski definition) is 3. The zero-order valence-corrected chi connectivity index (χ0v) is 13.7. The van der Waals surface area contributed by atoms with Crippen LogP contribution in [0.2, 0.25) is 0 Å². The molecular formula is C16H24N6O. The van der Waals surface area contributed by atoms with E-state index in [1.54, 1.807) is 13.3 Å². The number of rotatable bonds is 6. The van der Waals surface area contributed by atoms with Crippen LogP contribution in [-0.2, 0) is 6.54 Å². The molecule has 3 rings (SSSR count). The fourth-order valence-electron chi connectivity index (χ4n) is 2.88.